The van der Waals surface area contributed by atoms with Gasteiger partial charge < -0.3 is 10.2 Å². The summed E-state index contributed by atoms with van der Waals surface area (Å²) in [4.78, 5) is 14.4. The van der Waals surface area contributed by atoms with Crippen molar-refractivity contribution in [3.8, 4) is 0 Å². The minimum absolute atomic E-state index is 0.00291. The minimum atomic E-state index is -0.00291. The predicted octanol–water partition coefficient (Wildman–Crippen LogP) is 2.06. The summed E-state index contributed by atoms with van der Waals surface area (Å²) >= 11 is 1.65. The molecule has 0 aliphatic carbocycles. The molecule has 0 radical (unpaired) electrons. The smallest absolute Gasteiger partial charge is 0.229 e. The third-order valence-corrected chi connectivity index (χ3v) is 4.26. The summed E-state index contributed by atoms with van der Waals surface area (Å²) in [6.45, 7) is 3.77. The zero-order valence-corrected chi connectivity index (χ0v) is 11.3. The lowest BCUT2D eigenvalue weighted by molar-refractivity contribution is -0.133. The molecule has 0 spiro atoms. The Bertz CT molecular complexity index is 364. The molecule has 1 saturated heterocycles. The van der Waals surface area contributed by atoms with Crippen molar-refractivity contribution >= 4 is 17.2 Å². The molecule has 1 aromatic heterocycles. The minimum Gasteiger partial charge on any atom is -0.341 e. The van der Waals surface area contributed by atoms with Gasteiger partial charge in [-0.25, -0.2) is 0 Å². The molecule has 1 amide bonds. The van der Waals surface area contributed by atoms with Gasteiger partial charge in [0.15, 0.2) is 0 Å². The summed E-state index contributed by atoms with van der Waals surface area (Å²) in [7, 11) is 1.97. The molecule has 1 aliphatic rings. The van der Waals surface area contributed by atoms with Crippen LogP contribution in [-0.4, -0.2) is 37.0 Å². The number of nitrogens with one attached hydrogen (secondary N) is 1. The molecule has 4 heteroatoms. The number of piperidine rings is 1. The van der Waals surface area contributed by atoms with E-state index in [1.54, 1.807) is 11.3 Å². The Morgan fingerprint density at radius 1 is 1.65 bits per heavy atom. The fourth-order valence-corrected chi connectivity index (χ4v) is 3.10. The number of nitrogens with zero attached hydrogens (tertiary/aromatic N) is 1. The van der Waals surface area contributed by atoms with Crippen LogP contribution in [0.25, 0.3) is 0 Å². The van der Waals surface area contributed by atoms with Crippen LogP contribution in [0, 0.1) is 0 Å². The number of likely N-dealkylation sites (N-methyl/N-ethyl adjacent to an activating group) is 1. The fourth-order valence-electron chi connectivity index (χ4n) is 2.35. The molecule has 1 N–H and O–H groups in total. The van der Waals surface area contributed by atoms with E-state index in [2.05, 4.69) is 10.7 Å². The van der Waals surface area contributed by atoms with Crippen molar-refractivity contribution in [2.24, 2.45) is 0 Å². The summed E-state index contributed by atoms with van der Waals surface area (Å²) in [5, 5.41) is 7.38. The molecule has 2 atom stereocenters. The maximum atomic E-state index is 12.4. The standard InChI is InChI=1S/C13H20N2OS/c1-10(11-5-7-17-9-11)13(16)15-6-3-4-12(8-15)14-2/h5,7,9-10,12,14H,3-4,6,8H2,1-2H3. The average molecular weight is 252 g/mol. The van der Waals surface area contributed by atoms with E-state index in [1.165, 1.54) is 6.42 Å². The molecule has 2 rings (SSSR count). The molecule has 1 aliphatic heterocycles. The largest absolute Gasteiger partial charge is 0.341 e. The highest BCUT2D eigenvalue weighted by molar-refractivity contribution is 7.08. The van der Waals surface area contributed by atoms with Crippen LogP contribution in [0.15, 0.2) is 16.8 Å². The molecule has 0 aromatic carbocycles. The lowest BCUT2D eigenvalue weighted by Gasteiger charge is -2.34. The van der Waals surface area contributed by atoms with E-state index in [9.17, 15) is 4.79 Å². The average Bonchev–Trinajstić information content (AvgIpc) is 2.91. The number of hydrogen-bond acceptors (Lipinski definition) is 3. The van der Waals surface area contributed by atoms with Gasteiger partial charge in [-0.2, -0.15) is 11.3 Å². The molecule has 17 heavy (non-hydrogen) atoms. The number of carbonyl (C=O) groups is 1. The quantitative estimate of drug-likeness (QED) is 0.893. The number of amides is 1. The number of hydrogen-bond donors (Lipinski definition) is 1. The van der Waals surface area contributed by atoms with Gasteiger partial charge in [0.25, 0.3) is 0 Å². The molecular weight excluding hydrogens is 232 g/mol. The number of rotatable bonds is 3. The highest BCUT2D eigenvalue weighted by Gasteiger charge is 2.26. The van der Waals surface area contributed by atoms with Crippen molar-refractivity contribution < 1.29 is 4.79 Å². The van der Waals surface area contributed by atoms with Crippen LogP contribution in [0.1, 0.15) is 31.2 Å². The Balaban J connectivity index is 1.99. The number of carbonyl (C=O) groups excluding carboxylic acids is 1. The van der Waals surface area contributed by atoms with Crippen molar-refractivity contribution in [2.45, 2.75) is 31.7 Å². The maximum Gasteiger partial charge on any atom is 0.229 e. The Morgan fingerprint density at radius 3 is 3.12 bits per heavy atom. The highest BCUT2D eigenvalue weighted by atomic mass is 32.1. The first-order valence-electron chi connectivity index (χ1n) is 6.20. The lowest BCUT2D eigenvalue weighted by atomic mass is 10.00. The van der Waals surface area contributed by atoms with E-state index in [-0.39, 0.29) is 11.8 Å². The van der Waals surface area contributed by atoms with E-state index >= 15 is 0 Å². The van der Waals surface area contributed by atoms with E-state index in [0.717, 1.165) is 25.1 Å². The monoisotopic (exact) mass is 252 g/mol. The Morgan fingerprint density at radius 2 is 2.47 bits per heavy atom. The molecule has 2 heterocycles. The summed E-state index contributed by atoms with van der Waals surface area (Å²) in [5.41, 5.74) is 1.14. The first-order valence-corrected chi connectivity index (χ1v) is 7.14. The Kier molecular flexibility index (Phi) is 4.18. The first-order chi connectivity index (χ1) is 8.22. The molecule has 2 unspecified atom stereocenters. The lowest BCUT2D eigenvalue weighted by Crippen LogP contribution is -2.48. The SMILES string of the molecule is CNC1CCCN(C(=O)C(C)c2ccsc2)C1. The van der Waals surface area contributed by atoms with E-state index in [0.29, 0.717) is 6.04 Å². The van der Waals surface area contributed by atoms with Crippen molar-refractivity contribution in [1.82, 2.24) is 10.2 Å². The summed E-state index contributed by atoms with van der Waals surface area (Å²) in [5.74, 6) is 0.264. The molecule has 0 saturated carbocycles. The van der Waals surface area contributed by atoms with Gasteiger partial charge in [0, 0.05) is 19.1 Å². The Hall–Kier alpha value is -0.870. The molecule has 94 valence electrons. The summed E-state index contributed by atoms with van der Waals surface area (Å²) in [6.07, 6.45) is 2.28. The fraction of sp³-hybridized carbons (Fsp3) is 0.615. The highest BCUT2D eigenvalue weighted by Crippen LogP contribution is 2.22. The first kappa shape index (κ1) is 12.6. The van der Waals surface area contributed by atoms with Crippen molar-refractivity contribution in [2.75, 3.05) is 20.1 Å². The zero-order valence-electron chi connectivity index (χ0n) is 10.5. The van der Waals surface area contributed by atoms with Crippen LogP contribution in [0.2, 0.25) is 0 Å². The van der Waals surface area contributed by atoms with Crippen molar-refractivity contribution in [3.05, 3.63) is 22.4 Å². The third-order valence-electron chi connectivity index (χ3n) is 3.55. The van der Waals surface area contributed by atoms with Gasteiger partial charge in [-0.1, -0.05) is 0 Å². The van der Waals surface area contributed by atoms with Gasteiger partial charge in [-0.3, -0.25) is 4.79 Å². The predicted molar refractivity (Wildman–Crippen MR) is 71.4 cm³/mol. The molecule has 0 bridgehead atoms. The van der Waals surface area contributed by atoms with Crippen LogP contribution in [0.5, 0.6) is 0 Å². The summed E-state index contributed by atoms with van der Waals surface area (Å²) < 4.78 is 0. The normalized spacial score (nSPS) is 22.5. The number of thiophene rings is 1. The van der Waals surface area contributed by atoms with Crippen molar-refractivity contribution in [3.63, 3.8) is 0 Å². The molecule has 3 nitrogen and oxygen atoms in total. The third kappa shape index (κ3) is 2.87. The van der Waals surface area contributed by atoms with Gasteiger partial charge in [0.1, 0.15) is 0 Å². The van der Waals surface area contributed by atoms with E-state index in [4.69, 9.17) is 0 Å². The second-order valence-electron chi connectivity index (χ2n) is 4.69. The van der Waals surface area contributed by atoms with Gasteiger partial charge in [-0.15, -0.1) is 0 Å². The molecular formula is C13H20N2OS. The van der Waals surface area contributed by atoms with Gasteiger partial charge in [0.2, 0.25) is 5.91 Å². The van der Waals surface area contributed by atoms with Crippen LogP contribution >= 0.6 is 11.3 Å². The topological polar surface area (TPSA) is 32.3 Å². The summed E-state index contributed by atoms with van der Waals surface area (Å²) in [6, 6.07) is 2.51. The van der Waals surface area contributed by atoms with Gasteiger partial charge in [-0.05, 0) is 49.2 Å². The van der Waals surface area contributed by atoms with E-state index < -0.39 is 0 Å². The van der Waals surface area contributed by atoms with Gasteiger partial charge >= 0.3 is 0 Å². The molecule has 1 fully saturated rings. The van der Waals surface area contributed by atoms with Crippen LogP contribution in [-0.2, 0) is 4.79 Å². The molecule has 1 aromatic rings. The van der Waals surface area contributed by atoms with E-state index in [1.807, 2.05) is 30.3 Å². The zero-order chi connectivity index (χ0) is 12.3. The van der Waals surface area contributed by atoms with Crippen molar-refractivity contribution in [1.29, 1.82) is 0 Å². The Labute approximate surface area is 107 Å². The maximum absolute atomic E-state index is 12.4. The van der Waals surface area contributed by atoms with Crippen LogP contribution in [0.4, 0.5) is 0 Å². The van der Waals surface area contributed by atoms with Crippen LogP contribution in [0.3, 0.4) is 0 Å². The van der Waals surface area contributed by atoms with Gasteiger partial charge in [0.05, 0.1) is 5.92 Å². The second-order valence-corrected chi connectivity index (χ2v) is 5.47. The number of likely N-dealkylation sites (tertiary alicyclic amines) is 1. The van der Waals surface area contributed by atoms with Crippen LogP contribution < -0.4 is 5.32 Å². The second kappa shape index (κ2) is 5.65.